The van der Waals surface area contributed by atoms with Crippen molar-refractivity contribution in [3.8, 4) is 6.07 Å². The van der Waals surface area contributed by atoms with Gasteiger partial charge in [-0.15, -0.1) is 0 Å². The third-order valence-corrected chi connectivity index (χ3v) is 2.66. The highest BCUT2D eigenvalue weighted by Gasteiger charge is 2.31. The molecule has 108 valence electrons. The van der Waals surface area contributed by atoms with Crippen molar-refractivity contribution >= 4 is 5.91 Å². The molecule has 4 nitrogen and oxygen atoms in total. The van der Waals surface area contributed by atoms with Gasteiger partial charge in [-0.2, -0.15) is 18.4 Å². The van der Waals surface area contributed by atoms with E-state index in [-0.39, 0.29) is 24.7 Å². The van der Waals surface area contributed by atoms with Gasteiger partial charge < -0.3 is 4.90 Å². The Balaban J connectivity index is 2.93. The van der Waals surface area contributed by atoms with E-state index < -0.39 is 17.6 Å². The summed E-state index contributed by atoms with van der Waals surface area (Å²) in [5.41, 5.74) is -0.966. The highest BCUT2D eigenvalue weighted by atomic mass is 19.4. The zero-order valence-electron chi connectivity index (χ0n) is 11.1. The summed E-state index contributed by atoms with van der Waals surface area (Å²) in [6, 6.07) is 3.63. The number of rotatable bonds is 4. The van der Waals surface area contributed by atoms with Gasteiger partial charge in [0.2, 0.25) is 0 Å². The molecule has 1 rings (SSSR count). The second kappa shape index (κ2) is 6.37. The monoisotopic (exact) mass is 285 g/mol. The number of pyridine rings is 1. The smallest absolute Gasteiger partial charge is 0.334 e. The van der Waals surface area contributed by atoms with Gasteiger partial charge in [0.25, 0.3) is 5.91 Å². The van der Waals surface area contributed by atoms with Gasteiger partial charge in [-0.3, -0.25) is 9.78 Å². The molecule has 0 aliphatic rings. The van der Waals surface area contributed by atoms with Gasteiger partial charge in [0, 0.05) is 18.8 Å². The summed E-state index contributed by atoms with van der Waals surface area (Å²) in [7, 11) is 0. The van der Waals surface area contributed by atoms with Gasteiger partial charge in [0.05, 0.1) is 18.1 Å². The molecular weight excluding hydrogens is 271 g/mol. The molecule has 0 bridgehead atoms. The zero-order valence-corrected chi connectivity index (χ0v) is 11.1. The van der Waals surface area contributed by atoms with E-state index >= 15 is 0 Å². The molecule has 0 unspecified atom stereocenters. The molecule has 20 heavy (non-hydrogen) atoms. The Hall–Kier alpha value is -2.10. The van der Waals surface area contributed by atoms with E-state index in [2.05, 4.69) is 4.98 Å². The van der Waals surface area contributed by atoms with Crippen LogP contribution in [0.25, 0.3) is 0 Å². The molecule has 0 radical (unpaired) electrons. The SMILES string of the molecule is CC(C)N(CCC#N)C(=O)c1ccc(C(F)(F)F)cn1. The maximum atomic E-state index is 12.4. The number of carbonyl (C=O) groups excluding carboxylic acids is 1. The Kier molecular flexibility index (Phi) is 5.08. The largest absolute Gasteiger partial charge is 0.417 e. The minimum absolute atomic E-state index is 0.0651. The first-order valence-corrected chi connectivity index (χ1v) is 5.98. The molecule has 0 spiro atoms. The Morgan fingerprint density at radius 2 is 2.10 bits per heavy atom. The van der Waals surface area contributed by atoms with Crippen LogP contribution in [0, 0.1) is 11.3 Å². The van der Waals surface area contributed by atoms with Crippen molar-refractivity contribution in [2.75, 3.05) is 6.54 Å². The van der Waals surface area contributed by atoms with Crippen molar-refractivity contribution < 1.29 is 18.0 Å². The first kappa shape index (κ1) is 16.0. The minimum atomic E-state index is -4.48. The van der Waals surface area contributed by atoms with Crippen LogP contribution < -0.4 is 0 Å². The quantitative estimate of drug-likeness (QED) is 0.854. The Morgan fingerprint density at radius 1 is 1.45 bits per heavy atom. The van der Waals surface area contributed by atoms with Gasteiger partial charge in [-0.1, -0.05) is 0 Å². The maximum Gasteiger partial charge on any atom is 0.417 e. The number of carbonyl (C=O) groups is 1. The third kappa shape index (κ3) is 3.95. The highest BCUT2D eigenvalue weighted by Crippen LogP contribution is 2.28. The molecule has 0 atom stereocenters. The number of hydrogen-bond donors (Lipinski definition) is 0. The summed E-state index contributed by atoms with van der Waals surface area (Å²) in [6.45, 7) is 3.74. The Morgan fingerprint density at radius 3 is 2.50 bits per heavy atom. The Labute approximate surface area is 114 Å². The van der Waals surface area contributed by atoms with Crippen molar-refractivity contribution in [3.63, 3.8) is 0 Å². The average Bonchev–Trinajstić information content (AvgIpc) is 2.37. The van der Waals surface area contributed by atoms with Gasteiger partial charge in [-0.25, -0.2) is 0 Å². The number of hydrogen-bond acceptors (Lipinski definition) is 3. The first-order valence-electron chi connectivity index (χ1n) is 5.98. The normalized spacial score (nSPS) is 11.2. The van der Waals surface area contributed by atoms with E-state index in [4.69, 9.17) is 5.26 Å². The number of nitriles is 1. The lowest BCUT2D eigenvalue weighted by Gasteiger charge is -2.25. The van der Waals surface area contributed by atoms with Crippen molar-refractivity contribution in [1.29, 1.82) is 5.26 Å². The van der Waals surface area contributed by atoms with E-state index in [0.717, 1.165) is 12.1 Å². The van der Waals surface area contributed by atoms with Crippen LogP contribution in [-0.2, 0) is 6.18 Å². The molecule has 0 aliphatic carbocycles. The number of amides is 1. The summed E-state index contributed by atoms with van der Waals surface area (Å²) in [4.78, 5) is 17.1. The van der Waals surface area contributed by atoms with Crippen molar-refractivity contribution in [3.05, 3.63) is 29.6 Å². The molecule has 0 aliphatic heterocycles. The zero-order chi connectivity index (χ0) is 15.3. The Bertz CT molecular complexity index is 503. The predicted molar refractivity (Wildman–Crippen MR) is 65.6 cm³/mol. The summed E-state index contributed by atoms with van der Waals surface area (Å²) < 4.78 is 37.2. The van der Waals surface area contributed by atoms with Crippen molar-refractivity contribution in [1.82, 2.24) is 9.88 Å². The lowest BCUT2D eigenvalue weighted by atomic mass is 10.2. The molecule has 0 aromatic carbocycles. The lowest BCUT2D eigenvalue weighted by Crippen LogP contribution is -2.38. The van der Waals surface area contributed by atoms with E-state index in [1.54, 1.807) is 13.8 Å². The van der Waals surface area contributed by atoms with Crippen LogP contribution in [0.2, 0.25) is 0 Å². The molecule has 0 N–H and O–H groups in total. The van der Waals surface area contributed by atoms with Crippen LogP contribution in [0.4, 0.5) is 13.2 Å². The standard InChI is InChI=1S/C13H14F3N3O/c1-9(2)19(7-3-6-17)12(20)11-5-4-10(8-18-11)13(14,15)16/h4-5,8-9H,3,7H2,1-2H3. The number of aromatic nitrogens is 1. The number of nitrogens with zero attached hydrogens (tertiary/aromatic N) is 3. The van der Waals surface area contributed by atoms with Crippen LogP contribution in [0.3, 0.4) is 0 Å². The molecule has 0 fully saturated rings. The van der Waals surface area contributed by atoms with Crippen LogP contribution in [0.15, 0.2) is 18.3 Å². The molecule has 1 amide bonds. The topological polar surface area (TPSA) is 57.0 Å². The maximum absolute atomic E-state index is 12.4. The van der Waals surface area contributed by atoms with E-state index in [9.17, 15) is 18.0 Å². The second-order valence-corrected chi connectivity index (χ2v) is 4.43. The highest BCUT2D eigenvalue weighted by molar-refractivity contribution is 5.92. The lowest BCUT2D eigenvalue weighted by molar-refractivity contribution is -0.137. The molecule has 1 aromatic heterocycles. The molecule has 7 heteroatoms. The molecule has 1 aromatic rings. The minimum Gasteiger partial charge on any atom is -0.334 e. The van der Waals surface area contributed by atoms with Gasteiger partial charge >= 0.3 is 6.18 Å². The van der Waals surface area contributed by atoms with Gasteiger partial charge in [0.1, 0.15) is 5.69 Å². The summed E-state index contributed by atoms with van der Waals surface area (Å²) >= 11 is 0. The van der Waals surface area contributed by atoms with Crippen LogP contribution >= 0.6 is 0 Å². The van der Waals surface area contributed by atoms with Gasteiger partial charge in [-0.05, 0) is 26.0 Å². The molecular formula is C13H14F3N3O. The fourth-order valence-electron chi connectivity index (χ4n) is 1.60. The molecule has 1 heterocycles. The summed E-state index contributed by atoms with van der Waals surface area (Å²) in [6.07, 6.45) is -3.69. The van der Waals surface area contributed by atoms with E-state index in [1.165, 1.54) is 4.90 Å². The molecule has 0 saturated carbocycles. The van der Waals surface area contributed by atoms with Crippen LogP contribution in [-0.4, -0.2) is 28.4 Å². The average molecular weight is 285 g/mol. The number of halogens is 3. The van der Waals surface area contributed by atoms with E-state index in [1.807, 2.05) is 6.07 Å². The third-order valence-electron chi connectivity index (χ3n) is 2.66. The summed E-state index contributed by atoms with van der Waals surface area (Å²) in [5, 5.41) is 8.55. The number of alkyl halides is 3. The fourth-order valence-corrected chi connectivity index (χ4v) is 1.60. The van der Waals surface area contributed by atoms with Crippen LogP contribution in [0.1, 0.15) is 36.3 Å². The molecule has 0 saturated heterocycles. The van der Waals surface area contributed by atoms with Gasteiger partial charge in [0.15, 0.2) is 0 Å². The predicted octanol–water partition coefficient (Wildman–Crippen LogP) is 2.86. The van der Waals surface area contributed by atoms with Crippen LogP contribution in [0.5, 0.6) is 0 Å². The van der Waals surface area contributed by atoms with Crippen molar-refractivity contribution in [2.24, 2.45) is 0 Å². The first-order chi connectivity index (χ1) is 9.27. The summed E-state index contributed by atoms with van der Waals surface area (Å²) in [5.74, 6) is -0.482. The second-order valence-electron chi connectivity index (χ2n) is 4.43. The fraction of sp³-hybridized carbons (Fsp3) is 0.462. The van der Waals surface area contributed by atoms with Crippen molar-refractivity contribution in [2.45, 2.75) is 32.5 Å². The van der Waals surface area contributed by atoms with E-state index in [0.29, 0.717) is 6.20 Å².